The maximum Gasteiger partial charge on any atom is 0.363 e. The molecule has 0 bridgehead atoms. The number of hydrogen-bond donors (Lipinski definition) is 0. The van der Waals surface area contributed by atoms with E-state index in [9.17, 15) is 4.79 Å². The molecular weight excluding hydrogens is 302 g/mol. The van der Waals surface area contributed by atoms with E-state index in [1.807, 2.05) is 61.5 Å². The van der Waals surface area contributed by atoms with Gasteiger partial charge in [-0.15, -0.1) is 0 Å². The average Bonchev–Trinajstić information content (AvgIpc) is 2.95. The van der Waals surface area contributed by atoms with Crippen LogP contribution in [0.1, 0.15) is 16.7 Å². The van der Waals surface area contributed by atoms with E-state index in [0.717, 1.165) is 16.9 Å². The molecule has 2 aromatic carbocycles. The smallest absolute Gasteiger partial charge is 0.363 e. The maximum atomic E-state index is 11.9. The van der Waals surface area contributed by atoms with Gasteiger partial charge in [0.2, 0.25) is 5.90 Å². The standard InChI is InChI=1S/C20H17NO3/c1-14-3-5-15(6-4-14)9-12-19-21-18(20(22)24-19)13-16-7-10-17(23-2)11-8-16/h3-13H,1-2H3. The van der Waals surface area contributed by atoms with Crippen molar-refractivity contribution >= 4 is 24.0 Å². The molecule has 0 fully saturated rings. The Balaban J connectivity index is 1.76. The number of aliphatic imine (C=N–C) groups is 1. The molecule has 24 heavy (non-hydrogen) atoms. The molecule has 1 heterocycles. The summed E-state index contributed by atoms with van der Waals surface area (Å²) >= 11 is 0. The van der Waals surface area contributed by atoms with Gasteiger partial charge in [-0.25, -0.2) is 9.79 Å². The monoisotopic (exact) mass is 319 g/mol. The highest BCUT2D eigenvalue weighted by Gasteiger charge is 2.20. The lowest BCUT2D eigenvalue weighted by Gasteiger charge is -1.99. The van der Waals surface area contributed by atoms with Gasteiger partial charge in [0, 0.05) is 6.08 Å². The second-order valence-electron chi connectivity index (χ2n) is 5.39. The van der Waals surface area contributed by atoms with Crippen LogP contribution in [0.3, 0.4) is 0 Å². The number of benzene rings is 2. The number of cyclic esters (lactones) is 1. The first-order valence-electron chi connectivity index (χ1n) is 7.55. The quantitative estimate of drug-likeness (QED) is 0.632. The number of aryl methyl sites for hydroxylation is 1. The predicted octanol–water partition coefficient (Wildman–Crippen LogP) is 4.01. The summed E-state index contributed by atoms with van der Waals surface area (Å²) in [4.78, 5) is 16.1. The van der Waals surface area contributed by atoms with Gasteiger partial charge in [0.15, 0.2) is 5.70 Å². The van der Waals surface area contributed by atoms with E-state index in [2.05, 4.69) is 4.99 Å². The Hall–Kier alpha value is -3.14. The van der Waals surface area contributed by atoms with Gasteiger partial charge in [0.25, 0.3) is 0 Å². The summed E-state index contributed by atoms with van der Waals surface area (Å²) in [6.45, 7) is 2.03. The maximum absolute atomic E-state index is 11.9. The van der Waals surface area contributed by atoms with Gasteiger partial charge in [-0.3, -0.25) is 0 Å². The summed E-state index contributed by atoms with van der Waals surface area (Å²) in [5.74, 6) is 0.603. The van der Waals surface area contributed by atoms with E-state index >= 15 is 0 Å². The first-order valence-corrected chi connectivity index (χ1v) is 7.55. The van der Waals surface area contributed by atoms with Crippen molar-refractivity contribution in [3.05, 3.63) is 77.0 Å². The number of nitrogens with zero attached hydrogens (tertiary/aromatic N) is 1. The summed E-state index contributed by atoms with van der Waals surface area (Å²) in [7, 11) is 1.61. The molecule has 2 aromatic rings. The van der Waals surface area contributed by atoms with Gasteiger partial charge < -0.3 is 9.47 Å². The van der Waals surface area contributed by atoms with Gasteiger partial charge in [-0.1, -0.05) is 42.0 Å². The van der Waals surface area contributed by atoms with Crippen LogP contribution in [0.2, 0.25) is 0 Å². The number of ether oxygens (including phenoxy) is 2. The van der Waals surface area contributed by atoms with E-state index < -0.39 is 5.97 Å². The van der Waals surface area contributed by atoms with Crippen LogP contribution in [0.15, 0.2) is 65.3 Å². The van der Waals surface area contributed by atoms with E-state index in [4.69, 9.17) is 9.47 Å². The van der Waals surface area contributed by atoms with Gasteiger partial charge in [0.05, 0.1) is 7.11 Å². The van der Waals surface area contributed by atoms with E-state index in [-0.39, 0.29) is 5.70 Å². The van der Waals surface area contributed by atoms with Crippen molar-refractivity contribution in [2.75, 3.05) is 7.11 Å². The summed E-state index contributed by atoms with van der Waals surface area (Å²) in [6.07, 6.45) is 5.24. The van der Waals surface area contributed by atoms with E-state index in [1.165, 1.54) is 5.56 Å². The van der Waals surface area contributed by atoms with Crippen LogP contribution in [0, 0.1) is 6.92 Å². The highest BCUT2D eigenvalue weighted by Crippen LogP contribution is 2.18. The van der Waals surface area contributed by atoms with Crippen molar-refractivity contribution in [3.63, 3.8) is 0 Å². The summed E-state index contributed by atoms with van der Waals surface area (Å²) in [6, 6.07) is 15.4. The molecule has 0 atom stereocenters. The number of carbonyl (C=O) groups excluding carboxylic acids is 1. The molecule has 0 N–H and O–H groups in total. The molecule has 4 heteroatoms. The Bertz CT molecular complexity index is 828. The molecule has 120 valence electrons. The van der Waals surface area contributed by atoms with Gasteiger partial charge in [-0.05, 0) is 42.3 Å². The Morgan fingerprint density at radius 1 is 0.958 bits per heavy atom. The number of hydrogen-bond acceptors (Lipinski definition) is 4. The average molecular weight is 319 g/mol. The Labute approximate surface area is 140 Å². The predicted molar refractivity (Wildman–Crippen MR) is 94.7 cm³/mol. The minimum Gasteiger partial charge on any atom is -0.497 e. The lowest BCUT2D eigenvalue weighted by Crippen LogP contribution is -2.01. The van der Waals surface area contributed by atoms with Crippen LogP contribution < -0.4 is 4.74 Å². The molecule has 0 saturated carbocycles. The van der Waals surface area contributed by atoms with Crippen molar-refractivity contribution in [2.24, 2.45) is 4.99 Å². The zero-order valence-electron chi connectivity index (χ0n) is 13.5. The van der Waals surface area contributed by atoms with Crippen LogP contribution in [0.5, 0.6) is 5.75 Å². The van der Waals surface area contributed by atoms with Gasteiger partial charge >= 0.3 is 5.97 Å². The zero-order chi connectivity index (χ0) is 16.9. The highest BCUT2D eigenvalue weighted by atomic mass is 16.6. The zero-order valence-corrected chi connectivity index (χ0v) is 13.5. The lowest BCUT2D eigenvalue weighted by atomic mass is 10.1. The van der Waals surface area contributed by atoms with Gasteiger partial charge in [0.1, 0.15) is 5.75 Å². The number of methoxy groups -OCH3 is 1. The minimum atomic E-state index is -0.450. The lowest BCUT2D eigenvalue weighted by molar-refractivity contribution is -0.129. The number of rotatable bonds is 4. The first-order chi connectivity index (χ1) is 11.6. The van der Waals surface area contributed by atoms with Crippen LogP contribution >= 0.6 is 0 Å². The minimum absolute atomic E-state index is 0.281. The topological polar surface area (TPSA) is 47.9 Å². The van der Waals surface area contributed by atoms with Crippen LogP contribution in [-0.4, -0.2) is 19.0 Å². The SMILES string of the molecule is COc1ccc(C=C2N=C(C=Cc3ccc(C)cc3)OC2=O)cc1. The third kappa shape index (κ3) is 3.79. The molecule has 1 aliphatic heterocycles. The molecule has 0 amide bonds. The molecule has 1 aliphatic rings. The number of esters is 1. The molecule has 0 unspecified atom stereocenters. The van der Waals surface area contributed by atoms with Crippen molar-refractivity contribution in [1.29, 1.82) is 0 Å². The van der Waals surface area contributed by atoms with Gasteiger partial charge in [-0.2, -0.15) is 0 Å². The Morgan fingerprint density at radius 3 is 2.29 bits per heavy atom. The summed E-state index contributed by atoms with van der Waals surface area (Å²) in [5, 5.41) is 0. The van der Waals surface area contributed by atoms with Crippen molar-refractivity contribution in [2.45, 2.75) is 6.92 Å². The molecule has 0 aliphatic carbocycles. The molecule has 4 nitrogen and oxygen atoms in total. The normalized spacial score (nSPS) is 15.7. The third-order valence-electron chi connectivity index (χ3n) is 3.55. The molecule has 0 saturated heterocycles. The highest BCUT2D eigenvalue weighted by molar-refractivity contribution is 6.11. The van der Waals surface area contributed by atoms with Crippen molar-refractivity contribution < 1.29 is 14.3 Å². The molecular formula is C20H17NO3. The second kappa shape index (κ2) is 6.96. The number of carbonyl (C=O) groups is 1. The van der Waals surface area contributed by atoms with Crippen molar-refractivity contribution in [3.8, 4) is 5.75 Å². The summed E-state index contributed by atoms with van der Waals surface area (Å²) < 4.78 is 10.3. The third-order valence-corrected chi connectivity index (χ3v) is 3.55. The first kappa shape index (κ1) is 15.7. The molecule has 0 spiro atoms. The van der Waals surface area contributed by atoms with E-state index in [0.29, 0.717) is 5.90 Å². The molecule has 0 aromatic heterocycles. The largest absolute Gasteiger partial charge is 0.497 e. The van der Waals surface area contributed by atoms with Crippen LogP contribution in [0.4, 0.5) is 0 Å². The van der Waals surface area contributed by atoms with Crippen LogP contribution in [-0.2, 0) is 9.53 Å². The molecule has 0 radical (unpaired) electrons. The fraction of sp³-hybridized carbons (Fsp3) is 0.100. The Kier molecular flexibility index (Phi) is 4.57. The molecule has 3 rings (SSSR count). The fourth-order valence-corrected chi connectivity index (χ4v) is 2.20. The Morgan fingerprint density at radius 2 is 1.62 bits per heavy atom. The van der Waals surface area contributed by atoms with Crippen molar-refractivity contribution in [1.82, 2.24) is 0 Å². The second-order valence-corrected chi connectivity index (χ2v) is 5.39. The summed E-state index contributed by atoms with van der Waals surface area (Å²) in [5.41, 5.74) is 3.35. The van der Waals surface area contributed by atoms with Crippen LogP contribution in [0.25, 0.3) is 12.2 Å². The van der Waals surface area contributed by atoms with E-state index in [1.54, 1.807) is 19.3 Å². The fourth-order valence-electron chi connectivity index (χ4n) is 2.20.